The third-order valence-electron chi connectivity index (χ3n) is 5.75. The van der Waals surface area contributed by atoms with Crippen LogP contribution in [0.1, 0.15) is 34.3 Å². The average molecular weight is 363 g/mol. The van der Waals surface area contributed by atoms with Crippen LogP contribution in [-0.4, -0.2) is 42.0 Å². The Morgan fingerprint density at radius 1 is 1.00 bits per heavy atom. The minimum Gasteiger partial charge on any atom is -0.339 e. The van der Waals surface area contributed by atoms with Crippen molar-refractivity contribution in [3.8, 4) is 0 Å². The first kappa shape index (κ1) is 17.6. The van der Waals surface area contributed by atoms with Crippen LogP contribution in [0.3, 0.4) is 0 Å². The quantitative estimate of drug-likeness (QED) is 0.893. The summed E-state index contributed by atoms with van der Waals surface area (Å²) in [7, 11) is 0. The lowest BCUT2D eigenvalue weighted by atomic mass is 9.85. The van der Waals surface area contributed by atoms with Gasteiger partial charge in [0.2, 0.25) is 5.91 Å². The van der Waals surface area contributed by atoms with Gasteiger partial charge in [0.05, 0.1) is 6.67 Å². The summed E-state index contributed by atoms with van der Waals surface area (Å²) < 4.78 is 0. The summed E-state index contributed by atoms with van der Waals surface area (Å²) in [6, 6.07) is 15.8. The number of rotatable bonds is 2. The maximum atomic E-state index is 12.8. The van der Waals surface area contributed by atoms with Gasteiger partial charge < -0.3 is 15.1 Å². The van der Waals surface area contributed by atoms with E-state index in [1.54, 1.807) is 0 Å². The van der Waals surface area contributed by atoms with Gasteiger partial charge in [0.1, 0.15) is 5.54 Å². The average Bonchev–Trinajstić information content (AvgIpc) is 2.98. The summed E-state index contributed by atoms with van der Waals surface area (Å²) in [5.74, 6) is 0.121. The third-order valence-corrected chi connectivity index (χ3v) is 5.75. The molecular formula is C22H25N3O2. The summed E-state index contributed by atoms with van der Waals surface area (Å²) in [4.78, 5) is 29.6. The van der Waals surface area contributed by atoms with Crippen LogP contribution in [-0.2, 0) is 4.79 Å². The lowest BCUT2D eigenvalue weighted by Crippen LogP contribution is -2.57. The van der Waals surface area contributed by atoms with Crippen LogP contribution in [0.4, 0.5) is 5.69 Å². The summed E-state index contributed by atoms with van der Waals surface area (Å²) >= 11 is 0. The molecule has 0 unspecified atom stereocenters. The fraction of sp³-hybridized carbons (Fsp3) is 0.364. The Labute approximate surface area is 160 Å². The molecule has 5 nitrogen and oxygen atoms in total. The molecule has 2 saturated heterocycles. The number of benzene rings is 2. The molecular weight excluding hydrogens is 338 g/mol. The molecule has 0 radical (unpaired) electrons. The van der Waals surface area contributed by atoms with Gasteiger partial charge in [-0.1, -0.05) is 24.3 Å². The number of nitrogens with one attached hydrogen (secondary N) is 1. The van der Waals surface area contributed by atoms with Gasteiger partial charge in [0, 0.05) is 24.3 Å². The number of likely N-dealkylation sites (tertiary alicyclic amines) is 1. The Morgan fingerprint density at radius 3 is 2.26 bits per heavy atom. The molecule has 0 atom stereocenters. The molecule has 5 heteroatoms. The number of hydrogen-bond acceptors (Lipinski definition) is 3. The van der Waals surface area contributed by atoms with E-state index >= 15 is 0 Å². The summed E-state index contributed by atoms with van der Waals surface area (Å²) in [6.07, 6.45) is 1.29. The lowest BCUT2D eigenvalue weighted by molar-refractivity contribution is -0.124. The predicted molar refractivity (Wildman–Crippen MR) is 106 cm³/mol. The van der Waals surface area contributed by atoms with Gasteiger partial charge in [0.25, 0.3) is 5.91 Å². The van der Waals surface area contributed by atoms with Crippen LogP contribution in [0.2, 0.25) is 0 Å². The van der Waals surface area contributed by atoms with E-state index < -0.39 is 5.54 Å². The second-order valence-electron chi connectivity index (χ2n) is 7.63. The number of carbonyl (C=O) groups excluding carboxylic acids is 2. The second kappa shape index (κ2) is 6.72. The number of aryl methyl sites for hydroxylation is 2. The number of piperidine rings is 1. The molecule has 2 aromatic carbocycles. The zero-order valence-electron chi connectivity index (χ0n) is 15.9. The highest BCUT2D eigenvalue weighted by Crippen LogP contribution is 2.37. The number of nitrogens with zero attached hydrogens (tertiary/aromatic N) is 2. The molecule has 0 saturated carbocycles. The summed E-state index contributed by atoms with van der Waals surface area (Å²) in [6.45, 7) is 5.85. The van der Waals surface area contributed by atoms with Gasteiger partial charge in [0.15, 0.2) is 0 Å². The van der Waals surface area contributed by atoms with E-state index in [1.165, 1.54) is 11.1 Å². The van der Waals surface area contributed by atoms with Crippen molar-refractivity contribution in [2.75, 3.05) is 24.7 Å². The SMILES string of the molecule is Cc1cc(C)cc(N2CNC(=O)C23CCN(C(=O)c2ccccc2)CC3)c1. The molecule has 1 spiro atoms. The first-order valence-corrected chi connectivity index (χ1v) is 9.48. The molecule has 2 aromatic rings. The van der Waals surface area contributed by atoms with Crippen LogP contribution < -0.4 is 10.2 Å². The maximum Gasteiger partial charge on any atom is 0.253 e. The van der Waals surface area contributed by atoms with Crippen LogP contribution >= 0.6 is 0 Å². The van der Waals surface area contributed by atoms with Crippen LogP contribution in [0.5, 0.6) is 0 Å². The molecule has 1 N–H and O–H groups in total. The number of amides is 2. The minimum absolute atomic E-state index is 0.0433. The molecule has 140 valence electrons. The van der Waals surface area contributed by atoms with Crippen molar-refractivity contribution in [3.63, 3.8) is 0 Å². The molecule has 0 bridgehead atoms. The highest BCUT2D eigenvalue weighted by molar-refractivity contribution is 5.96. The Hall–Kier alpha value is -2.82. The first-order valence-electron chi connectivity index (χ1n) is 9.48. The van der Waals surface area contributed by atoms with E-state index in [4.69, 9.17) is 0 Å². The molecule has 0 aromatic heterocycles. The maximum absolute atomic E-state index is 12.8. The van der Waals surface area contributed by atoms with Crippen LogP contribution in [0, 0.1) is 13.8 Å². The van der Waals surface area contributed by atoms with Crippen molar-refractivity contribution in [2.45, 2.75) is 32.2 Å². The monoisotopic (exact) mass is 363 g/mol. The fourth-order valence-corrected chi connectivity index (χ4v) is 4.37. The van der Waals surface area contributed by atoms with E-state index in [0.29, 0.717) is 38.2 Å². The molecule has 2 heterocycles. The normalized spacial score (nSPS) is 18.7. The molecule has 0 aliphatic carbocycles. The summed E-state index contributed by atoms with van der Waals surface area (Å²) in [5.41, 5.74) is 3.60. The zero-order valence-corrected chi connectivity index (χ0v) is 15.9. The molecule has 2 aliphatic rings. The Balaban J connectivity index is 1.56. The van der Waals surface area contributed by atoms with Gasteiger partial charge in [-0.3, -0.25) is 9.59 Å². The van der Waals surface area contributed by atoms with Crippen molar-refractivity contribution in [2.24, 2.45) is 0 Å². The largest absolute Gasteiger partial charge is 0.339 e. The fourth-order valence-electron chi connectivity index (χ4n) is 4.37. The van der Waals surface area contributed by atoms with E-state index in [9.17, 15) is 9.59 Å². The second-order valence-corrected chi connectivity index (χ2v) is 7.63. The van der Waals surface area contributed by atoms with Crippen molar-refractivity contribution in [1.29, 1.82) is 0 Å². The van der Waals surface area contributed by atoms with Gasteiger partial charge in [-0.2, -0.15) is 0 Å². The molecule has 2 fully saturated rings. The number of anilines is 1. The van der Waals surface area contributed by atoms with E-state index in [1.807, 2.05) is 35.2 Å². The van der Waals surface area contributed by atoms with Gasteiger partial charge >= 0.3 is 0 Å². The Kier molecular flexibility index (Phi) is 4.38. The van der Waals surface area contributed by atoms with Crippen LogP contribution in [0.15, 0.2) is 48.5 Å². The van der Waals surface area contributed by atoms with E-state index in [2.05, 4.69) is 42.3 Å². The number of hydrogen-bond donors (Lipinski definition) is 1. The molecule has 2 amide bonds. The Bertz CT molecular complexity index is 850. The van der Waals surface area contributed by atoms with Crippen molar-refractivity contribution in [3.05, 3.63) is 65.2 Å². The first-order chi connectivity index (χ1) is 13.0. The van der Waals surface area contributed by atoms with Crippen molar-refractivity contribution in [1.82, 2.24) is 10.2 Å². The van der Waals surface area contributed by atoms with Crippen molar-refractivity contribution < 1.29 is 9.59 Å². The topological polar surface area (TPSA) is 52.7 Å². The van der Waals surface area contributed by atoms with Crippen molar-refractivity contribution >= 4 is 17.5 Å². The highest BCUT2D eigenvalue weighted by Gasteiger charge is 2.50. The standard InChI is InChI=1S/C22H25N3O2/c1-16-12-17(2)14-19(13-16)25-15-23-21(27)22(25)8-10-24(11-9-22)20(26)18-6-4-3-5-7-18/h3-7,12-14H,8-11,15H2,1-2H3,(H,23,27). The van der Waals surface area contributed by atoms with Gasteiger partial charge in [-0.25, -0.2) is 0 Å². The minimum atomic E-state index is -0.562. The third kappa shape index (κ3) is 3.07. The lowest BCUT2D eigenvalue weighted by Gasteiger charge is -2.43. The number of carbonyl (C=O) groups is 2. The highest BCUT2D eigenvalue weighted by atomic mass is 16.2. The predicted octanol–water partition coefficient (Wildman–Crippen LogP) is 2.87. The molecule has 27 heavy (non-hydrogen) atoms. The Morgan fingerprint density at radius 2 is 1.63 bits per heavy atom. The van der Waals surface area contributed by atoms with Gasteiger partial charge in [-0.15, -0.1) is 0 Å². The van der Waals surface area contributed by atoms with E-state index in [-0.39, 0.29) is 11.8 Å². The van der Waals surface area contributed by atoms with Gasteiger partial charge in [-0.05, 0) is 62.1 Å². The van der Waals surface area contributed by atoms with E-state index in [0.717, 1.165) is 5.69 Å². The van der Waals surface area contributed by atoms with Crippen LogP contribution in [0.25, 0.3) is 0 Å². The smallest absolute Gasteiger partial charge is 0.253 e. The molecule has 4 rings (SSSR count). The summed E-state index contributed by atoms with van der Waals surface area (Å²) in [5, 5.41) is 3.03. The zero-order chi connectivity index (χ0) is 19.0. The molecule has 2 aliphatic heterocycles.